The van der Waals surface area contributed by atoms with Crippen molar-refractivity contribution in [1.29, 1.82) is 0 Å². The first kappa shape index (κ1) is 22.4. The molecule has 1 atom stereocenters. The first-order chi connectivity index (χ1) is 13.1. The predicted octanol–water partition coefficient (Wildman–Crippen LogP) is 5.28. The van der Waals surface area contributed by atoms with Crippen molar-refractivity contribution < 1.29 is 23.8 Å². The summed E-state index contributed by atoms with van der Waals surface area (Å²) in [6, 6.07) is 8.92. The fraction of sp³-hybridized carbons (Fsp3) is 0.652. The molecule has 0 aromatic heterocycles. The maximum atomic E-state index is 12.4. The quantitative estimate of drug-likeness (QED) is 0.446. The summed E-state index contributed by atoms with van der Waals surface area (Å²) in [5.41, 5.74) is -0.193. The van der Waals surface area contributed by atoms with Crippen molar-refractivity contribution in [2.45, 2.75) is 90.6 Å². The normalized spacial score (nSPS) is 17.0. The van der Waals surface area contributed by atoms with Gasteiger partial charge < -0.3 is 14.2 Å². The van der Waals surface area contributed by atoms with Crippen LogP contribution < -0.4 is 0 Å². The Balaban J connectivity index is 1.85. The van der Waals surface area contributed by atoms with Crippen LogP contribution in [-0.4, -0.2) is 29.4 Å². The second-order valence-corrected chi connectivity index (χ2v) is 8.80. The van der Waals surface area contributed by atoms with Crippen molar-refractivity contribution in [3.05, 3.63) is 35.9 Å². The molecular formula is C23H34O5. The van der Waals surface area contributed by atoms with Gasteiger partial charge in [-0.2, -0.15) is 0 Å². The summed E-state index contributed by atoms with van der Waals surface area (Å²) in [6.45, 7) is 9.12. The van der Waals surface area contributed by atoms with Gasteiger partial charge in [0.25, 0.3) is 0 Å². The largest absolute Gasteiger partial charge is 0.456 e. The van der Waals surface area contributed by atoms with E-state index in [4.69, 9.17) is 14.2 Å². The smallest absolute Gasteiger partial charge is 0.338 e. The van der Waals surface area contributed by atoms with Gasteiger partial charge in [-0.05, 0) is 45.7 Å². The van der Waals surface area contributed by atoms with Crippen LogP contribution in [0.3, 0.4) is 0 Å². The molecule has 0 heterocycles. The Labute approximate surface area is 168 Å². The van der Waals surface area contributed by atoms with Crippen molar-refractivity contribution in [1.82, 2.24) is 0 Å². The Bertz CT molecular complexity index is 644. The number of esters is 2. The minimum atomic E-state index is -1.02. The van der Waals surface area contributed by atoms with Gasteiger partial charge in [0.1, 0.15) is 5.60 Å². The van der Waals surface area contributed by atoms with E-state index in [1.54, 1.807) is 38.1 Å². The summed E-state index contributed by atoms with van der Waals surface area (Å²) in [4.78, 5) is 24.7. The molecule has 0 amide bonds. The van der Waals surface area contributed by atoms with Gasteiger partial charge in [0.15, 0.2) is 0 Å². The summed E-state index contributed by atoms with van der Waals surface area (Å²) >= 11 is 0. The van der Waals surface area contributed by atoms with E-state index in [0.717, 1.165) is 25.7 Å². The highest BCUT2D eigenvalue weighted by atomic mass is 16.7. The number of rotatable bonds is 8. The molecule has 1 aliphatic rings. The van der Waals surface area contributed by atoms with Crippen LogP contribution in [0, 0.1) is 5.92 Å². The highest BCUT2D eigenvalue weighted by molar-refractivity contribution is 5.89. The Morgan fingerprint density at radius 1 is 1.00 bits per heavy atom. The van der Waals surface area contributed by atoms with Gasteiger partial charge >= 0.3 is 11.9 Å². The molecule has 5 heteroatoms. The lowest BCUT2D eigenvalue weighted by molar-refractivity contribution is -0.238. The van der Waals surface area contributed by atoms with Crippen LogP contribution in [0.25, 0.3) is 0 Å². The first-order valence-corrected chi connectivity index (χ1v) is 10.3. The topological polar surface area (TPSA) is 61.8 Å². The highest BCUT2D eigenvalue weighted by Crippen LogP contribution is 2.28. The third kappa shape index (κ3) is 7.27. The van der Waals surface area contributed by atoms with Crippen LogP contribution in [0.2, 0.25) is 0 Å². The van der Waals surface area contributed by atoms with Gasteiger partial charge in [0.05, 0.1) is 17.6 Å². The number of hydrogen-bond acceptors (Lipinski definition) is 5. The first-order valence-electron chi connectivity index (χ1n) is 10.3. The van der Waals surface area contributed by atoms with Gasteiger partial charge in [0.2, 0.25) is 5.79 Å². The third-order valence-corrected chi connectivity index (χ3v) is 4.93. The molecule has 156 valence electrons. The second kappa shape index (κ2) is 9.55. The summed E-state index contributed by atoms with van der Waals surface area (Å²) in [5.74, 6) is -1.57. The zero-order valence-electron chi connectivity index (χ0n) is 17.8. The monoisotopic (exact) mass is 390 g/mol. The maximum Gasteiger partial charge on any atom is 0.338 e. The average Bonchev–Trinajstić information content (AvgIpc) is 2.61. The molecule has 5 nitrogen and oxygen atoms in total. The molecule has 1 fully saturated rings. The number of carbonyl (C=O) groups excluding carboxylic acids is 2. The number of benzene rings is 1. The number of hydrogen-bond donors (Lipinski definition) is 0. The van der Waals surface area contributed by atoms with Crippen LogP contribution in [0.15, 0.2) is 30.3 Å². The van der Waals surface area contributed by atoms with Gasteiger partial charge in [-0.15, -0.1) is 0 Å². The standard InChI is InChI=1S/C23H34O5/c1-17(16-22(2,3)27-20(24)18-12-8-6-9-13-18)26-23(4,5)28-21(25)19-14-10-7-11-15-19/h6,8-9,12-13,17,19H,7,10-11,14-16H2,1-5H3. The molecule has 0 spiro atoms. The van der Waals surface area contributed by atoms with Crippen LogP contribution in [-0.2, 0) is 19.0 Å². The minimum Gasteiger partial charge on any atom is -0.456 e. The average molecular weight is 391 g/mol. The number of ether oxygens (including phenoxy) is 3. The summed E-state index contributed by atoms with van der Waals surface area (Å²) in [5, 5.41) is 0. The Hall–Kier alpha value is -1.88. The van der Waals surface area contributed by atoms with E-state index in [2.05, 4.69) is 0 Å². The molecule has 1 aliphatic carbocycles. The third-order valence-electron chi connectivity index (χ3n) is 4.93. The Morgan fingerprint density at radius 3 is 2.21 bits per heavy atom. The van der Waals surface area contributed by atoms with Crippen molar-refractivity contribution in [3.63, 3.8) is 0 Å². The van der Waals surface area contributed by atoms with Gasteiger partial charge in [0, 0.05) is 20.3 Å². The van der Waals surface area contributed by atoms with E-state index in [9.17, 15) is 9.59 Å². The fourth-order valence-corrected chi connectivity index (χ4v) is 3.83. The van der Waals surface area contributed by atoms with E-state index in [1.807, 2.05) is 26.8 Å². The van der Waals surface area contributed by atoms with E-state index in [1.165, 1.54) is 6.42 Å². The molecule has 0 saturated heterocycles. The fourth-order valence-electron chi connectivity index (χ4n) is 3.83. The van der Waals surface area contributed by atoms with E-state index >= 15 is 0 Å². The lowest BCUT2D eigenvalue weighted by Crippen LogP contribution is -2.40. The molecular weight excluding hydrogens is 356 g/mol. The molecule has 0 N–H and O–H groups in total. The molecule has 1 aromatic rings. The van der Waals surface area contributed by atoms with Gasteiger partial charge in [-0.25, -0.2) is 4.79 Å². The molecule has 1 saturated carbocycles. The molecule has 2 rings (SSSR count). The van der Waals surface area contributed by atoms with Crippen molar-refractivity contribution >= 4 is 11.9 Å². The Morgan fingerprint density at radius 2 is 1.61 bits per heavy atom. The zero-order chi connectivity index (χ0) is 20.8. The van der Waals surface area contributed by atoms with Crippen LogP contribution in [0.1, 0.15) is 83.5 Å². The molecule has 1 unspecified atom stereocenters. The SMILES string of the molecule is CC(CC(C)(C)OC(=O)c1ccccc1)OC(C)(C)OC(=O)C1CCCCC1. The summed E-state index contributed by atoms with van der Waals surface area (Å²) < 4.78 is 17.3. The van der Waals surface area contributed by atoms with Gasteiger partial charge in [-0.3, -0.25) is 4.79 Å². The van der Waals surface area contributed by atoms with Crippen LogP contribution in [0.4, 0.5) is 0 Å². The highest BCUT2D eigenvalue weighted by Gasteiger charge is 2.33. The molecule has 0 radical (unpaired) electrons. The van der Waals surface area contributed by atoms with E-state index < -0.39 is 11.4 Å². The van der Waals surface area contributed by atoms with E-state index in [0.29, 0.717) is 12.0 Å². The number of carbonyl (C=O) groups is 2. The molecule has 0 aliphatic heterocycles. The van der Waals surface area contributed by atoms with Crippen LogP contribution in [0.5, 0.6) is 0 Å². The Kier molecular flexibility index (Phi) is 7.64. The second-order valence-electron chi connectivity index (χ2n) is 8.80. The summed E-state index contributed by atoms with van der Waals surface area (Å²) in [7, 11) is 0. The maximum absolute atomic E-state index is 12.4. The lowest BCUT2D eigenvalue weighted by atomic mass is 9.89. The van der Waals surface area contributed by atoms with Crippen molar-refractivity contribution in [2.75, 3.05) is 0 Å². The summed E-state index contributed by atoms with van der Waals surface area (Å²) in [6.07, 6.45) is 5.37. The molecule has 0 bridgehead atoms. The molecule has 28 heavy (non-hydrogen) atoms. The lowest BCUT2D eigenvalue weighted by Gasteiger charge is -2.34. The zero-order valence-corrected chi connectivity index (χ0v) is 17.8. The van der Waals surface area contributed by atoms with Gasteiger partial charge in [-0.1, -0.05) is 37.5 Å². The van der Waals surface area contributed by atoms with Crippen LogP contribution >= 0.6 is 0 Å². The predicted molar refractivity (Wildman–Crippen MR) is 108 cm³/mol. The van der Waals surface area contributed by atoms with E-state index in [-0.39, 0.29) is 24.0 Å². The minimum absolute atomic E-state index is 0.0183. The van der Waals surface area contributed by atoms with Crippen molar-refractivity contribution in [2.24, 2.45) is 5.92 Å². The van der Waals surface area contributed by atoms with Crippen molar-refractivity contribution in [3.8, 4) is 0 Å². The molecule has 1 aromatic carbocycles.